The molecule has 92 valence electrons. The summed E-state index contributed by atoms with van der Waals surface area (Å²) < 4.78 is 0. The molecule has 0 unspecified atom stereocenters. The molecule has 0 aliphatic rings. The van der Waals surface area contributed by atoms with Gasteiger partial charge in [-0.05, 0) is 49.0 Å². The summed E-state index contributed by atoms with van der Waals surface area (Å²) in [4.78, 5) is 13.0. The third-order valence-corrected chi connectivity index (χ3v) is 3.61. The van der Waals surface area contributed by atoms with E-state index < -0.39 is 0 Å². The molecular weight excluding hydrogens is 266 g/mol. The molecule has 0 saturated heterocycles. The highest BCUT2D eigenvalue weighted by Gasteiger charge is 2.11. The molecule has 2 nitrogen and oxygen atoms in total. The van der Waals surface area contributed by atoms with Gasteiger partial charge in [-0.25, -0.2) is 0 Å². The zero-order valence-electron chi connectivity index (χ0n) is 9.81. The normalized spacial score (nSPS) is 10.3. The first-order valence-electron chi connectivity index (χ1n) is 5.40. The lowest BCUT2D eigenvalue weighted by Gasteiger charge is -2.05. The molecular formula is C14H12ClNOS. The Bertz CT molecular complexity index is 581. The minimum Gasteiger partial charge on any atom is -0.398 e. The molecule has 0 fully saturated rings. The largest absolute Gasteiger partial charge is 0.398 e. The van der Waals surface area contributed by atoms with Crippen molar-refractivity contribution in [2.24, 2.45) is 0 Å². The number of anilines is 1. The first-order chi connectivity index (χ1) is 8.56. The molecule has 2 N–H and O–H groups in total. The van der Waals surface area contributed by atoms with Crippen LogP contribution in [0.25, 0.3) is 0 Å². The fourth-order valence-corrected chi connectivity index (χ4v) is 2.45. The lowest BCUT2D eigenvalue weighted by molar-refractivity contribution is 0.109. The zero-order chi connectivity index (χ0) is 13.1. The van der Waals surface area contributed by atoms with E-state index >= 15 is 0 Å². The Hall–Kier alpha value is -1.45. The van der Waals surface area contributed by atoms with E-state index in [0.717, 1.165) is 22.2 Å². The van der Waals surface area contributed by atoms with Crippen molar-refractivity contribution in [2.45, 2.75) is 11.8 Å². The Morgan fingerprint density at radius 1 is 1.17 bits per heavy atom. The molecule has 0 saturated carbocycles. The molecule has 0 amide bonds. The number of aryl methyl sites for hydroxylation is 1. The predicted molar refractivity (Wildman–Crippen MR) is 77.2 cm³/mol. The molecule has 0 bridgehead atoms. The van der Waals surface area contributed by atoms with Crippen molar-refractivity contribution < 1.29 is 4.79 Å². The molecule has 0 spiro atoms. The van der Waals surface area contributed by atoms with Crippen molar-refractivity contribution in [1.82, 2.24) is 0 Å². The molecule has 2 aromatic rings. The van der Waals surface area contributed by atoms with Crippen molar-refractivity contribution in [3.63, 3.8) is 0 Å². The smallest absolute Gasteiger partial charge is 0.226 e. The molecule has 2 aromatic carbocycles. The number of halogens is 1. The summed E-state index contributed by atoms with van der Waals surface area (Å²) in [5.41, 5.74) is 7.85. The van der Waals surface area contributed by atoms with Gasteiger partial charge in [0.25, 0.3) is 0 Å². The van der Waals surface area contributed by atoms with Crippen LogP contribution >= 0.6 is 23.4 Å². The minimum absolute atomic E-state index is 0.0759. The van der Waals surface area contributed by atoms with Gasteiger partial charge < -0.3 is 5.73 Å². The summed E-state index contributed by atoms with van der Waals surface area (Å²) in [5.74, 6) is 0. The summed E-state index contributed by atoms with van der Waals surface area (Å²) in [6.45, 7) is 2.01. The number of hydrogen-bond acceptors (Lipinski definition) is 3. The number of nitrogen functional groups attached to an aromatic ring is 1. The average molecular weight is 278 g/mol. The van der Waals surface area contributed by atoms with Crippen LogP contribution in [0, 0.1) is 6.92 Å². The van der Waals surface area contributed by atoms with E-state index in [4.69, 9.17) is 17.3 Å². The highest BCUT2D eigenvalue weighted by Crippen LogP contribution is 2.27. The Morgan fingerprint density at radius 2 is 1.83 bits per heavy atom. The van der Waals surface area contributed by atoms with Gasteiger partial charge in [-0.2, -0.15) is 0 Å². The van der Waals surface area contributed by atoms with Crippen LogP contribution in [-0.4, -0.2) is 5.12 Å². The highest BCUT2D eigenvalue weighted by molar-refractivity contribution is 8.14. The minimum atomic E-state index is -0.0759. The van der Waals surface area contributed by atoms with E-state index in [1.807, 2.05) is 31.2 Å². The van der Waals surface area contributed by atoms with Gasteiger partial charge in [-0.1, -0.05) is 29.3 Å². The van der Waals surface area contributed by atoms with Gasteiger partial charge in [0, 0.05) is 15.6 Å². The summed E-state index contributed by atoms with van der Waals surface area (Å²) >= 11 is 6.96. The molecule has 0 heterocycles. The van der Waals surface area contributed by atoms with Crippen LogP contribution in [-0.2, 0) is 0 Å². The number of thioether (sulfide) groups is 1. The van der Waals surface area contributed by atoms with Crippen LogP contribution < -0.4 is 5.73 Å². The van der Waals surface area contributed by atoms with Crippen LogP contribution in [0.3, 0.4) is 0 Å². The molecule has 0 aromatic heterocycles. The third-order valence-electron chi connectivity index (χ3n) is 2.47. The topological polar surface area (TPSA) is 43.1 Å². The number of carbonyl (C=O) groups is 1. The van der Waals surface area contributed by atoms with E-state index in [1.54, 1.807) is 18.2 Å². The zero-order valence-corrected chi connectivity index (χ0v) is 11.4. The van der Waals surface area contributed by atoms with Crippen molar-refractivity contribution in [2.75, 3.05) is 5.73 Å². The Kier molecular flexibility index (Phi) is 3.94. The quantitative estimate of drug-likeness (QED) is 0.662. The first kappa shape index (κ1) is 13.0. The predicted octanol–water partition coefficient (Wildman–Crippen LogP) is 4.16. The third kappa shape index (κ3) is 3.06. The molecule has 4 heteroatoms. The van der Waals surface area contributed by atoms with Crippen LogP contribution in [0.5, 0.6) is 0 Å². The number of nitrogens with two attached hydrogens (primary N) is 1. The van der Waals surface area contributed by atoms with Gasteiger partial charge in [0.2, 0.25) is 5.12 Å². The van der Waals surface area contributed by atoms with Crippen molar-refractivity contribution in [3.8, 4) is 0 Å². The van der Waals surface area contributed by atoms with Gasteiger partial charge in [0.05, 0.1) is 5.56 Å². The van der Waals surface area contributed by atoms with Crippen molar-refractivity contribution in [3.05, 3.63) is 58.6 Å². The van der Waals surface area contributed by atoms with E-state index in [-0.39, 0.29) is 5.12 Å². The second kappa shape index (κ2) is 5.46. The molecule has 0 aliphatic heterocycles. The molecule has 18 heavy (non-hydrogen) atoms. The highest BCUT2D eigenvalue weighted by atomic mass is 35.5. The van der Waals surface area contributed by atoms with E-state index in [9.17, 15) is 4.79 Å². The number of benzene rings is 2. The van der Waals surface area contributed by atoms with Gasteiger partial charge >= 0.3 is 0 Å². The fourth-order valence-electron chi connectivity index (χ4n) is 1.49. The van der Waals surface area contributed by atoms with Crippen LogP contribution in [0.2, 0.25) is 5.02 Å². The van der Waals surface area contributed by atoms with Gasteiger partial charge in [0.15, 0.2) is 0 Å². The van der Waals surface area contributed by atoms with Gasteiger partial charge in [0.1, 0.15) is 0 Å². The van der Waals surface area contributed by atoms with E-state index in [0.29, 0.717) is 16.3 Å². The summed E-state index contributed by atoms with van der Waals surface area (Å²) in [7, 11) is 0. The van der Waals surface area contributed by atoms with Crippen LogP contribution in [0.15, 0.2) is 47.4 Å². The number of rotatable bonds is 2. The first-order valence-corrected chi connectivity index (χ1v) is 6.59. The lowest BCUT2D eigenvalue weighted by Crippen LogP contribution is -1.99. The SMILES string of the molecule is Cc1ccc(SC(=O)c2ccc(Cl)cc2N)cc1. The molecule has 0 atom stereocenters. The maximum absolute atomic E-state index is 12.1. The van der Waals surface area contributed by atoms with E-state index in [1.165, 1.54) is 0 Å². The van der Waals surface area contributed by atoms with Gasteiger partial charge in [-0.3, -0.25) is 4.79 Å². The monoisotopic (exact) mass is 277 g/mol. The molecule has 0 radical (unpaired) electrons. The second-order valence-electron chi connectivity index (χ2n) is 3.93. The number of hydrogen-bond donors (Lipinski definition) is 1. The Morgan fingerprint density at radius 3 is 2.44 bits per heavy atom. The molecule has 2 rings (SSSR count). The van der Waals surface area contributed by atoms with Crippen molar-refractivity contribution >= 4 is 34.2 Å². The lowest BCUT2D eigenvalue weighted by atomic mass is 10.2. The van der Waals surface area contributed by atoms with E-state index in [2.05, 4.69) is 0 Å². The van der Waals surface area contributed by atoms with Crippen molar-refractivity contribution in [1.29, 1.82) is 0 Å². The summed E-state index contributed by atoms with van der Waals surface area (Å²) in [6, 6.07) is 12.7. The summed E-state index contributed by atoms with van der Waals surface area (Å²) in [6.07, 6.45) is 0. The number of carbonyl (C=O) groups excluding carboxylic acids is 1. The Labute approximate surface area is 115 Å². The summed E-state index contributed by atoms with van der Waals surface area (Å²) in [5, 5.41) is 0.456. The maximum atomic E-state index is 12.1. The van der Waals surface area contributed by atoms with Crippen LogP contribution in [0.1, 0.15) is 15.9 Å². The molecule has 0 aliphatic carbocycles. The van der Waals surface area contributed by atoms with Gasteiger partial charge in [-0.15, -0.1) is 0 Å². The average Bonchev–Trinajstić information content (AvgIpc) is 2.32. The standard InChI is InChI=1S/C14H12ClNOS/c1-9-2-5-11(6-3-9)18-14(17)12-7-4-10(15)8-13(12)16/h2-8H,16H2,1H3. The maximum Gasteiger partial charge on any atom is 0.226 e. The fraction of sp³-hybridized carbons (Fsp3) is 0.0714. The second-order valence-corrected chi connectivity index (χ2v) is 5.42. The Balaban J connectivity index is 2.19. The van der Waals surface area contributed by atoms with Crippen LogP contribution in [0.4, 0.5) is 5.69 Å².